The predicted octanol–water partition coefficient (Wildman–Crippen LogP) is 1.18. The molecule has 8 heteroatoms. The molecule has 1 aliphatic carbocycles. The standard InChI is InChI=1S/C17H30N4O3S/c1-6-15-18-17(16(22)21(15)9-12(2)3)8-7-13-10-20(11-14(13)17)25(23,24)19(4)5/h12-14H,6-11H2,1-5H3/t13-,14+,17-/m1/s1. The minimum absolute atomic E-state index is 0.00608. The molecule has 0 radical (unpaired) electrons. The van der Waals surface area contributed by atoms with Gasteiger partial charge >= 0.3 is 0 Å². The topological polar surface area (TPSA) is 73.3 Å². The predicted molar refractivity (Wildman–Crippen MR) is 97.4 cm³/mol. The molecule has 0 aromatic heterocycles. The number of hydrogen-bond donors (Lipinski definition) is 0. The van der Waals surface area contributed by atoms with Crippen molar-refractivity contribution < 1.29 is 13.2 Å². The van der Waals surface area contributed by atoms with Crippen LogP contribution >= 0.6 is 0 Å². The van der Waals surface area contributed by atoms with Crippen LogP contribution in [0.4, 0.5) is 0 Å². The molecule has 7 nitrogen and oxygen atoms in total. The lowest BCUT2D eigenvalue weighted by atomic mass is 9.85. The molecule has 3 aliphatic rings. The molecule has 0 bridgehead atoms. The Morgan fingerprint density at radius 2 is 2.00 bits per heavy atom. The lowest BCUT2D eigenvalue weighted by molar-refractivity contribution is -0.132. The third kappa shape index (κ3) is 2.82. The molecule has 3 rings (SSSR count). The summed E-state index contributed by atoms with van der Waals surface area (Å²) in [5.74, 6) is 1.55. The Kier molecular flexibility index (Phi) is 4.75. The van der Waals surface area contributed by atoms with E-state index in [4.69, 9.17) is 4.99 Å². The summed E-state index contributed by atoms with van der Waals surface area (Å²) in [6, 6.07) is 0. The monoisotopic (exact) mass is 370 g/mol. The first-order valence-corrected chi connectivity index (χ1v) is 10.6. The zero-order chi connectivity index (χ0) is 18.6. The third-order valence-corrected chi connectivity index (χ3v) is 7.70. The van der Waals surface area contributed by atoms with E-state index >= 15 is 0 Å². The second-order valence-corrected chi connectivity index (χ2v) is 10.3. The van der Waals surface area contributed by atoms with E-state index in [1.807, 2.05) is 11.8 Å². The summed E-state index contributed by atoms with van der Waals surface area (Å²) in [5, 5.41) is 0. The molecule has 0 N–H and O–H groups in total. The van der Waals surface area contributed by atoms with Crippen LogP contribution in [0.1, 0.15) is 40.0 Å². The van der Waals surface area contributed by atoms with Crippen LogP contribution in [0.5, 0.6) is 0 Å². The average molecular weight is 371 g/mol. The highest BCUT2D eigenvalue weighted by Gasteiger charge is 2.62. The average Bonchev–Trinajstić information content (AvgIpc) is 3.16. The van der Waals surface area contributed by atoms with E-state index in [9.17, 15) is 13.2 Å². The summed E-state index contributed by atoms with van der Waals surface area (Å²) in [7, 11) is -0.334. The number of amides is 1. The fourth-order valence-electron chi connectivity index (χ4n) is 4.59. The Bertz CT molecular complexity index is 688. The van der Waals surface area contributed by atoms with Crippen LogP contribution in [-0.2, 0) is 15.0 Å². The van der Waals surface area contributed by atoms with Gasteiger partial charge < -0.3 is 0 Å². The van der Waals surface area contributed by atoms with Crippen molar-refractivity contribution in [2.75, 3.05) is 33.7 Å². The first-order valence-electron chi connectivity index (χ1n) is 9.21. The van der Waals surface area contributed by atoms with Crippen LogP contribution < -0.4 is 0 Å². The molecule has 2 aliphatic heterocycles. The number of carbonyl (C=O) groups is 1. The van der Waals surface area contributed by atoms with Crippen molar-refractivity contribution >= 4 is 22.0 Å². The Morgan fingerprint density at radius 1 is 1.32 bits per heavy atom. The maximum Gasteiger partial charge on any atom is 0.281 e. The molecule has 2 heterocycles. The largest absolute Gasteiger partial charge is 0.298 e. The zero-order valence-corrected chi connectivity index (χ0v) is 16.7. The van der Waals surface area contributed by atoms with Crippen molar-refractivity contribution in [2.24, 2.45) is 22.7 Å². The van der Waals surface area contributed by atoms with Gasteiger partial charge in [0.05, 0.1) is 0 Å². The lowest BCUT2D eigenvalue weighted by Crippen LogP contribution is -2.48. The molecule has 1 amide bonds. The number of aliphatic imine (C=N–C) groups is 1. The highest BCUT2D eigenvalue weighted by molar-refractivity contribution is 7.86. The number of rotatable bonds is 5. The number of amidine groups is 1. The van der Waals surface area contributed by atoms with Gasteiger partial charge in [0.2, 0.25) is 0 Å². The van der Waals surface area contributed by atoms with Crippen LogP contribution in [0.3, 0.4) is 0 Å². The summed E-state index contributed by atoms with van der Waals surface area (Å²) in [6.07, 6.45) is 2.35. The Morgan fingerprint density at radius 3 is 2.56 bits per heavy atom. The Balaban J connectivity index is 1.89. The number of nitrogens with zero attached hydrogens (tertiary/aromatic N) is 4. The van der Waals surface area contributed by atoms with E-state index in [0.717, 1.165) is 25.1 Å². The molecule has 1 spiro atoms. The van der Waals surface area contributed by atoms with Gasteiger partial charge in [-0.25, -0.2) is 0 Å². The molecular formula is C17H30N4O3S. The molecule has 142 valence electrons. The number of fused-ring (bicyclic) bond motifs is 2. The van der Waals surface area contributed by atoms with Crippen LogP contribution in [0, 0.1) is 17.8 Å². The summed E-state index contributed by atoms with van der Waals surface area (Å²) < 4.78 is 27.8. The SMILES string of the molecule is CCC1=N[C@@]2(CC[C@@H]3CN(S(=O)(=O)N(C)C)C[C@@H]32)C(=O)N1CC(C)C. The van der Waals surface area contributed by atoms with E-state index in [-0.39, 0.29) is 17.7 Å². The van der Waals surface area contributed by atoms with E-state index in [1.165, 1.54) is 8.61 Å². The summed E-state index contributed by atoms with van der Waals surface area (Å²) in [5.41, 5.74) is -0.735. The second kappa shape index (κ2) is 6.32. The summed E-state index contributed by atoms with van der Waals surface area (Å²) in [6.45, 7) is 7.81. The van der Waals surface area contributed by atoms with Gasteiger partial charge in [-0.15, -0.1) is 0 Å². The van der Waals surface area contributed by atoms with Crippen LogP contribution in [0.2, 0.25) is 0 Å². The zero-order valence-electron chi connectivity index (χ0n) is 15.9. The minimum atomic E-state index is -3.44. The molecule has 0 aromatic carbocycles. The van der Waals surface area contributed by atoms with Gasteiger partial charge in [0.25, 0.3) is 16.1 Å². The normalized spacial score (nSPS) is 33.2. The van der Waals surface area contributed by atoms with Crippen molar-refractivity contribution in [1.82, 2.24) is 13.5 Å². The minimum Gasteiger partial charge on any atom is -0.298 e. The molecule has 1 saturated heterocycles. The van der Waals surface area contributed by atoms with Crippen molar-refractivity contribution in [2.45, 2.75) is 45.6 Å². The van der Waals surface area contributed by atoms with Crippen molar-refractivity contribution in [1.29, 1.82) is 0 Å². The molecule has 2 fully saturated rings. The lowest BCUT2D eigenvalue weighted by Gasteiger charge is -2.29. The van der Waals surface area contributed by atoms with Crippen molar-refractivity contribution in [3.05, 3.63) is 0 Å². The second-order valence-electron chi connectivity index (χ2n) is 8.13. The van der Waals surface area contributed by atoms with Gasteiger partial charge in [0.15, 0.2) is 0 Å². The van der Waals surface area contributed by atoms with Gasteiger partial charge in [-0.3, -0.25) is 14.7 Å². The van der Waals surface area contributed by atoms with Crippen molar-refractivity contribution in [3.8, 4) is 0 Å². The molecule has 0 unspecified atom stereocenters. The van der Waals surface area contributed by atoms with Crippen LogP contribution in [0.15, 0.2) is 4.99 Å². The molecular weight excluding hydrogens is 340 g/mol. The van der Waals surface area contributed by atoms with Crippen LogP contribution in [0.25, 0.3) is 0 Å². The van der Waals surface area contributed by atoms with Crippen LogP contribution in [-0.4, -0.2) is 72.9 Å². The fraction of sp³-hybridized carbons (Fsp3) is 0.882. The quantitative estimate of drug-likeness (QED) is 0.729. The van der Waals surface area contributed by atoms with Gasteiger partial charge in [-0.2, -0.15) is 17.0 Å². The smallest absolute Gasteiger partial charge is 0.281 e. The maximum absolute atomic E-state index is 13.3. The number of carbonyl (C=O) groups excluding carboxylic acids is 1. The van der Waals surface area contributed by atoms with E-state index in [0.29, 0.717) is 25.6 Å². The van der Waals surface area contributed by atoms with E-state index in [1.54, 1.807) is 14.1 Å². The van der Waals surface area contributed by atoms with Gasteiger partial charge in [-0.05, 0) is 24.7 Å². The molecule has 1 saturated carbocycles. The summed E-state index contributed by atoms with van der Waals surface area (Å²) in [4.78, 5) is 20.1. The summed E-state index contributed by atoms with van der Waals surface area (Å²) >= 11 is 0. The highest BCUT2D eigenvalue weighted by Crippen LogP contribution is 2.51. The van der Waals surface area contributed by atoms with Crippen molar-refractivity contribution in [3.63, 3.8) is 0 Å². The molecule has 3 atom stereocenters. The van der Waals surface area contributed by atoms with Gasteiger partial charge in [0.1, 0.15) is 11.4 Å². The Hall–Kier alpha value is -0.990. The van der Waals surface area contributed by atoms with Gasteiger partial charge in [-0.1, -0.05) is 20.8 Å². The first-order chi connectivity index (χ1) is 11.6. The van der Waals surface area contributed by atoms with Gasteiger partial charge in [0, 0.05) is 46.1 Å². The maximum atomic E-state index is 13.3. The number of hydrogen-bond acceptors (Lipinski definition) is 4. The van der Waals surface area contributed by atoms with E-state index < -0.39 is 15.7 Å². The first kappa shape index (κ1) is 18.8. The molecule has 25 heavy (non-hydrogen) atoms. The van der Waals surface area contributed by atoms with E-state index in [2.05, 4.69) is 13.8 Å². The third-order valence-electron chi connectivity index (χ3n) is 5.82. The fourth-order valence-corrected chi connectivity index (χ4v) is 5.78. The molecule has 0 aromatic rings. The highest BCUT2D eigenvalue weighted by atomic mass is 32.2. The Labute approximate surface area is 151 Å².